The second-order valence-corrected chi connectivity index (χ2v) is 3.71. The maximum atomic E-state index is 11.4. The first-order chi connectivity index (χ1) is 6.25. The standard InChI is InChI=1S/C8H9BrN2O2/c9-7-2-1-6(13-7)8(12)11-5-3-10-4-5/h1-2,5,10H,3-4H2,(H,11,12). The molecule has 5 heteroatoms. The molecule has 1 aliphatic heterocycles. The predicted molar refractivity (Wildman–Crippen MR) is 50.5 cm³/mol. The van der Waals surface area contributed by atoms with Gasteiger partial charge < -0.3 is 15.1 Å². The maximum absolute atomic E-state index is 11.4. The molecule has 0 bridgehead atoms. The molecule has 0 unspecified atom stereocenters. The number of nitrogens with one attached hydrogen (secondary N) is 2. The van der Waals surface area contributed by atoms with Crippen molar-refractivity contribution in [3.63, 3.8) is 0 Å². The van der Waals surface area contributed by atoms with Crippen LogP contribution >= 0.6 is 15.9 Å². The van der Waals surface area contributed by atoms with Gasteiger partial charge in [-0.2, -0.15) is 0 Å². The van der Waals surface area contributed by atoms with Gasteiger partial charge in [0.25, 0.3) is 5.91 Å². The third-order valence-corrected chi connectivity index (χ3v) is 2.34. The highest BCUT2D eigenvalue weighted by molar-refractivity contribution is 9.10. The number of carbonyl (C=O) groups excluding carboxylic acids is 1. The Morgan fingerprint density at radius 3 is 2.85 bits per heavy atom. The molecule has 2 heterocycles. The lowest BCUT2D eigenvalue weighted by Crippen LogP contribution is -2.56. The van der Waals surface area contributed by atoms with Gasteiger partial charge >= 0.3 is 0 Å². The first-order valence-electron chi connectivity index (χ1n) is 4.02. The second-order valence-electron chi connectivity index (χ2n) is 2.93. The topological polar surface area (TPSA) is 54.3 Å². The number of amides is 1. The summed E-state index contributed by atoms with van der Waals surface area (Å²) in [7, 11) is 0. The first kappa shape index (κ1) is 8.77. The smallest absolute Gasteiger partial charge is 0.287 e. The van der Waals surface area contributed by atoms with Crippen LogP contribution in [0.25, 0.3) is 0 Å². The van der Waals surface area contributed by atoms with Gasteiger partial charge in [0, 0.05) is 13.1 Å². The average Bonchev–Trinajstić information content (AvgIpc) is 2.44. The van der Waals surface area contributed by atoms with Crippen LogP contribution in [0.5, 0.6) is 0 Å². The molecule has 1 fully saturated rings. The van der Waals surface area contributed by atoms with Gasteiger partial charge in [-0.25, -0.2) is 0 Å². The zero-order chi connectivity index (χ0) is 9.26. The highest BCUT2D eigenvalue weighted by Gasteiger charge is 2.20. The van der Waals surface area contributed by atoms with Crippen molar-refractivity contribution >= 4 is 21.8 Å². The molecular formula is C8H9BrN2O2. The number of halogens is 1. The molecule has 0 aliphatic carbocycles. The van der Waals surface area contributed by atoms with E-state index < -0.39 is 0 Å². The third-order valence-electron chi connectivity index (χ3n) is 1.91. The van der Waals surface area contributed by atoms with Crippen molar-refractivity contribution in [3.8, 4) is 0 Å². The molecule has 1 aliphatic rings. The lowest BCUT2D eigenvalue weighted by atomic mass is 10.2. The van der Waals surface area contributed by atoms with Crippen molar-refractivity contribution in [3.05, 3.63) is 22.6 Å². The van der Waals surface area contributed by atoms with Gasteiger partial charge in [-0.1, -0.05) is 0 Å². The first-order valence-corrected chi connectivity index (χ1v) is 4.82. The molecule has 0 atom stereocenters. The molecule has 0 saturated carbocycles. The van der Waals surface area contributed by atoms with Crippen molar-refractivity contribution in [1.29, 1.82) is 0 Å². The summed E-state index contributed by atoms with van der Waals surface area (Å²) in [5.41, 5.74) is 0. The SMILES string of the molecule is O=C(NC1CNC1)c1ccc(Br)o1. The highest BCUT2D eigenvalue weighted by Crippen LogP contribution is 2.13. The van der Waals surface area contributed by atoms with E-state index in [2.05, 4.69) is 26.6 Å². The number of hydrogen-bond acceptors (Lipinski definition) is 3. The van der Waals surface area contributed by atoms with E-state index in [0.717, 1.165) is 13.1 Å². The van der Waals surface area contributed by atoms with Gasteiger partial charge in [0.05, 0.1) is 6.04 Å². The van der Waals surface area contributed by atoms with Gasteiger partial charge in [-0.3, -0.25) is 4.79 Å². The van der Waals surface area contributed by atoms with Gasteiger partial charge in [0.2, 0.25) is 0 Å². The lowest BCUT2D eigenvalue weighted by molar-refractivity contribution is 0.0894. The highest BCUT2D eigenvalue weighted by atomic mass is 79.9. The van der Waals surface area contributed by atoms with E-state index in [1.807, 2.05) is 0 Å². The van der Waals surface area contributed by atoms with Gasteiger partial charge in [0.15, 0.2) is 10.4 Å². The largest absolute Gasteiger partial charge is 0.444 e. The van der Waals surface area contributed by atoms with Crippen molar-refractivity contribution in [1.82, 2.24) is 10.6 Å². The fourth-order valence-electron chi connectivity index (χ4n) is 1.08. The molecule has 0 radical (unpaired) electrons. The summed E-state index contributed by atoms with van der Waals surface area (Å²) in [6, 6.07) is 3.59. The molecule has 1 amide bonds. The number of furan rings is 1. The van der Waals surface area contributed by atoms with Crippen molar-refractivity contribution in [2.45, 2.75) is 6.04 Å². The Morgan fingerprint density at radius 2 is 2.38 bits per heavy atom. The third kappa shape index (κ3) is 1.92. The second kappa shape index (κ2) is 3.51. The minimum atomic E-state index is -0.155. The molecule has 0 aromatic carbocycles. The number of rotatable bonds is 2. The van der Waals surface area contributed by atoms with E-state index in [0.29, 0.717) is 10.4 Å². The van der Waals surface area contributed by atoms with Gasteiger partial charge in [-0.15, -0.1) is 0 Å². The van der Waals surface area contributed by atoms with Crippen LogP contribution in [-0.2, 0) is 0 Å². The van der Waals surface area contributed by atoms with Crippen LogP contribution in [-0.4, -0.2) is 25.0 Å². The van der Waals surface area contributed by atoms with E-state index in [1.54, 1.807) is 12.1 Å². The van der Waals surface area contributed by atoms with Crippen LogP contribution in [0.2, 0.25) is 0 Å². The Bertz CT molecular complexity index is 320. The molecule has 2 rings (SSSR count). The summed E-state index contributed by atoms with van der Waals surface area (Å²) < 4.78 is 5.67. The molecule has 1 aromatic heterocycles. The summed E-state index contributed by atoms with van der Waals surface area (Å²) in [6.45, 7) is 1.68. The fourth-order valence-corrected chi connectivity index (χ4v) is 1.39. The van der Waals surface area contributed by atoms with Gasteiger partial charge in [-0.05, 0) is 28.1 Å². The Morgan fingerprint density at radius 1 is 1.62 bits per heavy atom. The summed E-state index contributed by atoms with van der Waals surface area (Å²) >= 11 is 3.14. The van der Waals surface area contributed by atoms with Crippen molar-refractivity contribution in [2.75, 3.05) is 13.1 Å². The maximum Gasteiger partial charge on any atom is 0.287 e. The molecule has 2 N–H and O–H groups in total. The Kier molecular flexibility index (Phi) is 2.37. The minimum absolute atomic E-state index is 0.155. The normalized spacial score (nSPS) is 16.7. The van der Waals surface area contributed by atoms with Gasteiger partial charge in [0.1, 0.15) is 0 Å². The molecule has 70 valence electrons. The molecule has 0 spiro atoms. The van der Waals surface area contributed by atoms with Crippen LogP contribution in [0, 0.1) is 0 Å². The quantitative estimate of drug-likeness (QED) is 0.808. The van der Waals surface area contributed by atoms with Crippen LogP contribution < -0.4 is 10.6 Å². The zero-order valence-corrected chi connectivity index (χ0v) is 8.43. The fraction of sp³-hybridized carbons (Fsp3) is 0.375. The predicted octanol–water partition coefficient (Wildman–Crippen LogP) is 0.744. The van der Waals surface area contributed by atoms with Crippen molar-refractivity contribution < 1.29 is 9.21 Å². The molecule has 4 nitrogen and oxygen atoms in total. The van der Waals surface area contributed by atoms with E-state index in [4.69, 9.17) is 4.42 Å². The Hall–Kier alpha value is -0.810. The van der Waals surface area contributed by atoms with E-state index in [1.165, 1.54) is 0 Å². The molecular weight excluding hydrogens is 236 g/mol. The lowest BCUT2D eigenvalue weighted by Gasteiger charge is -2.27. The monoisotopic (exact) mass is 244 g/mol. The summed E-state index contributed by atoms with van der Waals surface area (Å²) in [5.74, 6) is 0.191. The molecule has 1 saturated heterocycles. The summed E-state index contributed by atoms with van der Waals surface area (Å²) in [6.07, 6.45) is 0. The van der Waals surface area contributed by atoms with Crippen LogP contribution in [0.15, 0.2) is 21.2 Å². The molecule has 13 heavy (non-hydrogen) atoms. The van der Waals surface area contributed by atoms with Crippen LogP contribution in [0.4, 0.5) is 0 Å². The van der Waals surface area contributed by atoms with Crippen LogP contribution in [0.1, 0.15) is 10.6 Å². The Balaban J connectivity index is 1.96. The van der Waals surface area contributed by atoms with E-state index in [9.17, 15) is 4.79 Å². The number of hydrogen-bond donors (Lipinski definition) is 2. The Labute approximate surface area is 83.8 Å². The average molecular weight is 245 g/mol. The van der Waals surface area contributed by atoms with Crippen LogP contribution in [0.3, 0.4) is 0 Å². The van der Waals surface area contributed by atoms with Crippen molar-refractivity contribution in [2.24, 2.45) is 0 Å². The minimum Gasteiger partial charge on any atom is -0.444 e. The number of carbonyl (C=O) groups is 1. The molecule has 1 aromatic rings. The zero-order valence-electron chi connectivity index (χ0n) is 6.84. The van der Waals surface area contributed by atoms with E-state index in [-0.39, 0.29) is 11.9 Å². The van der Waals surface area contributed by atoms with E-state index >= 15 is 0 Å². The summed E-state index contributed by atoms with van der Waals surface area (Å²) in [5, 5.41) is 5.90. The summed E-state index contributed by atoms with van der Waals surface area (Å²) in [4.78, 5) is 11.4.